The van der Waals surface area contributed by atoms with E-state index in [4.69, 9.17) is 0 Å². The highest BCUT2D eigenvalue weighted by Crippen LogP contribution is 2.28. The van der Waals surface area contributed by atoms with E-state index < -0.39 is 0 Å². The minimum absolute atomic E-state index is 0.418. The monoisotopic (exact) mass is 265 g/mol. The van der Waals surface area contributed by atoms with Gasteiger partial charge >= 0.3 is 0 Å². The van der Waals surface area contributed by atoms with Crippen LogP contribution < -0.4 is 5.32 Å². The summed E-state index contributed by atoms with van der Waals surface area (Å²) in [4.78, 5) is 6.68. The molecule has 0 atom stereocenters. The molecule has 1 saturated heterocycles. The Morgan fingerprint density at radius 2 is 2.39 bits per heavy atom. The van der Waals surface area contributed by atoms with Crippen LogP contribution in [0, 0.1) is 0 Å². The molecule has 2 heterocycles. The molecule has 0 amide bonds. The second kappa shape index (κ2) is 6.55. The minimum atomic E-state index is 0.418. The summed E-state index contributed by atoms with van der Waals surface area (Å²) in [5.74, 6) is 1.26. The third-order valence-corrected chi connectivity index (χ3v) is 4.46. The molecule has 4 heteroatoms. The molecule has 100 valence electrons. The summed E-state index contributed by atoms with van der Waals surface area (Å²) in [6.07, 6.45) is 3.74. The van der Waals surface area contributed by atoms with E-state index in [1.54, 1.807) is 0 Å². The van der Waals surface area contributed by atoms with Crippen molar-refractivity contribution in [2.45, 2.75) is 25.1 Å². The van der Waals surface area contributed by atoms with Gasteiger partial charge in [0.05, 0.1) is 0 Å². The van der Waals surface area contributed by atoms with Crippen LogP contribution in [0.1, 0.15) is 19.4 Å². The number of pyridine rings is 1. The molecule has 0 unspecified atom stereocenters. The summed E-state index contributed by atoms with van der Waals surface area (Å²) < 4.78 is 0.418. The van der Waals surface area contributed by atoms with E-state index >= 15 is 0 Å². The van der Waals surface area contributed by atoms with Gasteiger partial charge < -0.3 is 5.32 Å². The standard InChI is InChI=1S/C14H23N3S/c1-14(2)12-17(8-9-18-14)7-6-16-11-13-4-3-5-15-10-13/h3-5,10,16H,6-9,11-12H2,1-2H3. The average molecular weight is 265 g/mol. The molecule has 0 saturated carbocycles. The first-order valence-corrected chi connectivity index (χ1v) is 7.60. The van der Waals surface area contributed by atoms with Gasteiger partial charge in [-0.1, -0.05) is 6.07 Å². The van der Waals surface area contributed by atoms with Crippen molar-refractivity contribution < 1.29 is 0 Å². The maximum absolute atomic E-state index is 4.12. The van der Waals surface area contributed by atoms with E-state index in [0.29, 0.717) is 4.75 Å². The van der Waals surface area contributed by atoms with E-state index in [-0.39, 0.29) is 0 Å². The van der Waals surface area contributed by atoms with Gasteiger partial charge in [0.15, 0.2) is 0 Å². The molecule has 1 N–H and O–H groups in total. The van der Waals surface area contributed by atoms with E-state index in [1.807, 2.05) is 18.5 Å². The van der Waals surface area contributed by atoms with Crippen molar-refractivity contribution in [3.05, 3.63) is 30.1 Å². The largest absolute Gasteiger partial charge is 0.311 e. The van der Waals surface area contributed by atoms with E-state index in [9.17, 15) is 0 Å². The van der Waals surface area contributed by atoms with Crippen LogP contribution in [0.4, 0.5) is 0 Å². The number of hydrogen-bond donors (Lipinski definition) is 1. The van der Waals surface area contributed by atoms with Crippen LogP contribution >= 0.6 is 11.8 Å². The quantitative estimate of drug-likeness (QED) is 0.824. The molecule has 0 aromatic carbocycles. The lowest BCUT2D eigenvalue weighted by Gasteiger charge is -2.37. The van der Waals surface area contributed by atoms with Crippen molar-refractivity contribution in [3.8, 4) is 0 Å². The first-order valence-electron chi connectivity index (χ1n) is 6.62. The maximum Gasteiger partial charge on any atom is 0.0312 e. The van der Waals surface area contributed by atoms with E-state index in [1.165, 1.54) is 24.4 Å². The highest BCUT2D eigenvalue weighted by atomic mass is 32.2. The van der Waals surface area contributed by atoms with Crippen LogP contribution in [0.2, 0.25) is 0 Å². The maximum atomic E-state index is 4.12. The van der Waals surface area contributed by atoms with Gasteiger partial charge in [-0.3, -0.25) is 9.88 Å². The van der Waals surface area contributed by atoms with Gasteiger partial charge in [-0.2, -0.15) is 11.8 Å². The predicted octanol–water partition coefficient (Wildman–Crippen LogP) is 2.00. The molecule has 1 aromatic rings. The van der Waals surface area contributed by atoms with Gasteiger partial charge in [0.25, 0.3) is 0 Å². The molecule has 2 rings (SSSR count). The van der Waals surface area contributed by atoms with Crippen molar-refractivity contribution in [1.82, 2.24) is 15.2 Å². The van der Waals surface area contributed by atoms with Crippen molar-refractivity contribution in [3.63, 3.8) is 0 Å². The van der Waals surface area contributed by atoms with Gasteiger partial charge in [-0.25, -0.2) is 0 Å². The lowest BCUT2D eigenvalue weighted by molar-refractivity contribution is 0.260. The van der Waals surface area contributed by atoms with Gasteiger partial charge in [0.2, 0.25) is 0 Å². The lowest BCUT2D eigenvalue weighted by Crippen LogP contribution is -2.45. The number of nitrogens with one attached hydrogen (secondary N) is 1. The first kappa shape index (κ1) is 13.8. The zero-order valence-electron chi connectivity index (χ0n) is 11.4. The Kier molecular flexibility index (Phi) is 5.03. The van der Waals surface area contributed by atoms with Crippen LogP contribution in [0.3, 0.4) is 0 Å². The van der Waals surface area contributed by atoms with Crippen molar-refractivity contribution >= 4 is 11.8 Å². The average Bonchev–Trinajstić information content (AvgIpc) is 2.35. The Morgan fingerprint density at radius 3 is 3.11 bits per heavy atom. The SMILES string of the molecule is CC1(C)CN(CCNCc2cccnc2)CCS1. The fraction of sp³-hybridized carbons (Fsp3) is 0.643. The molecule has 1 aromatic heterocycles. The molecule has 0 bridgehead atoms. The lowest BCUT2D eigenvalue weighted by atomic mass is 10.2. The topological polar surface area (TPSA) is 28.2 Å². The molecule has 0 radical (unpaired) electrons. The second-order valence-electron chi connectivity index (χ2n) is 5.42. The zero-order chi connectivity index (χ0) is 12.8. The van der Waals surface area contributed by atoms with Gasteiger partial charge in [0, 0.05) is 55.6 Å². The molecule has 1 aliphatic rings. The molecular formula is C14H23N3S. The Hall–Kier alpha value is -0.580. The second-order valence-corrected chi connectivity index (χ2v) is 7.22. The van der Waals surface area contributed by atoms with Crippen LogP contribution in [-0.2, 0) is 6.54 Å². The molecule has 1 aliphatic heterocycles. The van der Waals surface area contributed by atoms with Gasteiger partial charge in [0.1, 0.15) is 0 Å². The zero-order valence-corrected chi connectivity index (χ0v) is 12.2. The Bertz CT molecular complexity index is 353. The number of rotatable bonds is 5. The minimum Gasteiger partial charge on any atom is -0.311 e. The van der Waals surface area contributed by atoms with Crippen LogP contribution in [0.25, 0.3) is 0 Å². The summed E-state index contributed by atoms with van der Waals surface area (Å²) in [5.41, 5.74) is 1.26. The molecule has 0 aliphatic carbocycles. The van der Waals surface area contributed by atoms with Crippen LogP contribution in [0.15, 0.2) is 24.5 Å². The van der Waals surface area contributed by atoms with Gasteiger partial charge in [-0.15, -0.1) is 0 Å². The fourth-order valence-electron chi connectivity index (χ4n) is 2.28. The molecule has 18 heavy (non-hydrogen) atoms. The van der Waals surface area contributed by atoms with Crippen molar-refractivity contribution in [2.24, 2.45) is 0 Å². The summed E-state index contributed by atoms with van der Waals surface area (Å²) in [6, 6.07) is 4.10. The van der Waals surface area contributed by atoms with Crippen molar-refractivity contribution in [1.29, 1.82) is 0 Å². The molecule has 0 spiro atoms. The van der Waals surface area contributed by atoms with E-state index in [2.05, 4.69) is 46.9 Å². The van der Waals surface area contributed by atoms with Crippen molar-refractivity contribution in [2.75, 3.05) is 31.9 Å². The Balaban J connectivity index is 1.64. The summed E-state index contributed by atoms with van der Waals surface area (Å²) >= 11 is 2.09. The van der Waals surface area contributed by atoms with Gasteiger partial charge in [-0.05, 0) is 25.5 Å². The number of hydrogen-bond acceptors (Lipinski definition) is 4. The smallest absolute Gasteiger partial charge is 0.0312 e. The van der Waals surface area contributed by atoms with Crippen LogP contribution in [-0.4, -0.2) is 46.6 Å². The summed E-state index contributed by atoms with van der Waals surface area (Å²) in [7, 11) is 0. The number of thioether (sulfide) groups is 1. The molecule has 3 nitrogen and oxygen atoms in total. The predicted molar refractivity (Wildman–Crippen MR) is 78.9 cm³/mol. The molecular weight excluding hydrogens is 242 g/mol. The number of aromatic nitrogens is 1. The third-order valence-electron chi connectivity index (χ3n) is 3.16. The van der Waals surface area contributed by atoms with E-state index in [0.717, 1.165) is 19.6 Å². The summed E-state index contributed by atoms with van der Waals surface area (Å²) in [6.45, 7) is 10.2. The highest BCUT2D eigenvalue weighted by Gasteiger charge is 2.26. The third kappa shape index (κ3) is 4.59. The normalized spacial score (nSPS) is 19.9. The van der Waals surface area contributed by atoms with Crippen LogP contribution in [0.5, 0.6) is 0 Å². The Labute approximate surface area is 114 Å². The summed E-state index contributed by atoms with van der Waals surface area (Å²) in [5, 5.41) is 3.49. The fourth-order valence-corrected chi connectivity index (χ4v) is 3.45. The Morgan fingerprint density at radius 1 is 1.50 bits per heavy atom. The molecule has 1 fully saturated rings. The number of nitrogens with zero attached hydrogens (tertiary/aromatic N) is 2. The first-order chi connectivity index (χ1) is 8.66. The highest BCUT2D eigenvalue weighted by molar-refractivity contribution is 8.00.